The minimum atomic E-state index is -2.21. The maximum absolute atomic E-state index is 16.5. The number of hydrogen-bond donors (Lipinski definition) is 21. The molecule has 0 bridgehead atoms. The van der Waals surface area contributed by atoms with Crippen molar-refractivity contribution in [2.45, 2.75) is 412 Å². The van der Waals surface area contributed by atoms with Crippen molar-refractivity contribution in [3.8, 4) is 0 Å². The van der Waals surface area contributed by atoms with E-state index in [1.165, 1.54) is 58.9 Å². The Bertz CT molecular complexity index is 4150. The number of rotatable bonds is 31. The lowest BCUT2D eigenvalue weighted by molar-refractivity contribution is -0.381. The first-order chi connectivity index (χ1) is 63.7. The first-order valence-corrected chi connectivity index (χ1v) is 47.6. The van der Waals surface area contributed by atoms with E-state index in [4.69, 9.17) is 85.3 Å². The number of fused-ring (bicyclic) bond motifs is 7. The third-order valence-corrected chi connectivity index (χ3v) is 32.4. The Morgan fingerprint density at radius 3 is 1.55 bits per heavy atom. The molecular weight excluding hydrogens is 1800 g/mol. The summed E-state index contributed by atoms with van der Waals surface area (Å²) in [4.78, 5) is 45.0. The highest BCUT2D eigenvalue weighted by molar-refractivity contribution is 5.89. The smallest absolute Gasteiger partial charge is 0.336 e. The van der Waals surface area contributed by atoms with Gasteiger partial charge in [0.15, 0.2) is 62.3 Å². The molecule has 5 aliphatic carbocycles. The molecule has 136 heavy (non-hydrogen) atoms. The Morgan fingerprint density at radius 1 is 0.456 bits per heavy atom. The fourth-order valence-corrected chi connectivity index (χ4v) is 23.3. The van der Waals surface area contributed by atoms with E-state index in [1.54, 1.807) is 0 Å². The molecule has 42 nitrogen and oxygen atoms in total. The molecule has 0 aromatic heterocycles. The van der Waals surface area contributed by atoms with Gasteiger partial charge >= 0.3 is 17.9 Å². The van der Waals surface area contributed by atoms with Gasteiger partial charge in [0.25, 0.3) is 0 Å². The molecule has 0 unspecified atom stereocenters. The number of ether oxygens (including phenoxy) is 18. The van der Waals surface area contributed by atoms with Crippen LogP contribution in [0.3, 0.4) is 0 Å². The summed E-state index contributed by atoms with van der Waals surface area (Å²) in [6.07, 6.45) is -50.3. The molecule has 13 aliphatic rings. The van der Waals surface area contributed by atoms with Crippen LogP contribution in [0.4, 0.5) is 0 Å². The molecule has 0 spiro atoms. The summed E-state index contributed by atoms with van der Waals surface area (Å²) in [5.74, 6) is -3.51. The van der Waals surface area contributed by atoms with Crippen LogP contribution < -0.4 is 0 Å². The zero-order valence-electron chi connectivity index (χ0n) is 79.2. The Kier molecular flexibility index (Phi) is 34.6. The van der Waals surface area contributed by atoms with Gasteiger partial charge in [0.05, 0.1) is 86.8 Å². The summed E-state index contributed by atoms with van der Waals surface area (Å²) >= 11 is 0. The number of esters is 3. The Balaban J connectivity index is 0.759. The number of aliphatic hydroxyl groups excluding tert-OH is 19. The van der Waals surface area contributed by atoms with E-state index in [-0.39, 0.29) is 72.3 Å². The minimum absolute atomic E-state index is 0.0225. The average Bonchev–Trinajstić information content (AvgIpc) is 0.673. The van der Waals surface area contributed by atoms with Crippen molar-refractivity contribution < 1.29 is 207 Å². The summed E-state index contributed by atoms with van der Waals surface area (Å²) < 4.78 is 109. The molecule has 4 saturated carbocycles. The van der Waals surface area contributed by atoms with E-state index in [0.717, 1.165) is 5.57 Å². The second kappa shape index (κ2) is 43.1. The predicted octanol–water partition coefficient (Wildman–Crippen LogP) is -2.73. The Labute approximate surface area is 789 Å². The number of allylic oxidation sites excluding steroid dienone is 4. The maximum Gasteiger partial charge on any atom is 0.336 e. The van der Waals surface area contributed by atoms with Crippen molar-refractivity contribution in [3.63, 3.8) is 0 Å². The summed E-state index contributed by atoms with van der Waals surface area (Å²) in [5.41, 5.74) is -5.70. The lowest BCUT2D eigenvalue weighted by atomic mass is 9.33. The first-order valence-electron chi connectivity index (χ1n) is 47.6. The van der Waals surface area contributed by atoms with Gasteiger partial charge in [0.2, 0.25) is 6.29 Å². The van der Waals surface area contributed by atoms with Gasteiger partial charge in [-0.25, -0.2) is 9.59 Å². The van der Waals surface area contributed by atoms with E-state index in [0.29, 0.717) is 51.4 Å². The maximum atomic E-state index is 16.5. The van der Waals surface area contributed by atoms with Crippen LogP contribution in [0.2, 0.25) is 0 Å². The van der Waals surface area contributed by atoms with E-state index < -0.39 is 330 Å². The fourth-order valence-electron chi connectivity index (χ4n) is 23.3. The second-order valence-electron chi connectivity index (χ2n) is 42.5. The molecule has 21 N–H and O–H groups in total. The Hall–Kier alpha value is -4.33. The molecule has 42 heteroatoms. The molecule has 46 atom stereocenters. The van der Waals surface area contributed by atoms with Crippen molar-refractivity contribution in [2.75, 3.05) is 46.2 Å². The molecule has 0 radical (unpaired) electrons. The summed E-state index contributed by atoms with van der Waals surface area (Å²) in [6, 6.07) is 0. The molecule has 776 valence electrons. The lowest BCUT2D eigenvalue weighted by Crippen LogP contribution is -2.67. The zero-order chi connectivity index (χ0) is 99.7. The Morgan fingerprint density at radius 2 is 0.941 bits per heavy atom. The van der Waals surface area contributed by atoms with E-state index >= 15 is 4.79 Å². The van der Waals surface area contributed by atoms with Crippen molar-refractivity contribution in [1.82, 2.24) is 0 Å². The van der Waals surface area contributed by atoms with Gasteiger partial charge in [-0.15, -0.1) is 13.2 Å². The standard InChI is InChI=1S/C94H148O42/c1-15-89(10,117)25-17-19-41(3)76(114)131-75-72(130-77(115)44(34-95)20-18-26-90(11,118)16-2)56(100)42(4)125-84(75)124-40-52-61(105)63(107)74(135-81-68(112)64(108)70(43(5)126-81)132-80-69(113)71(50(99)38-121-80)133-78-65(109)57(101)47(96)35-119-78)85(128-52)136-86(116)94-31-29-87(6,7)33-46(94)45-21-22-54-91(12)27-24-55(88(8,9)53(91)23-28-93(54,14)92(45,13)30-32-94)129-82-67(111)62(106)60(104)51(127-82)39-123-83-73(59(103)49(98)37-122-83)134-79-66(110)58(102)48(97)36-120-79/h15-16,19-21,42-43,46-75,78-85,95-113,117-118H,1-2,17-18,22-40H2,3-14H3/b41-19+,44-20+/t42-,43-,46-,47+,48+,49-,50+,51+,52+,53-,54+,55-,56-,57-,58-,59-,60+,61+,62-,63-,64-,65+,66+,67+,68+,69+,70-,71-,72+,73+,74+,75+,78-,79-,80-,81-,82-,83-,84+,85-,89+,90+,91-,92+,93+,94-/m0/s1. The summed E-state index contributed by atoms with van der Waals surface area (Å²) in [7, 11) is 0. The predicted molar refractivity (Wildman–Crippen MR) is 463 cm³/mol. The molecule has 8 heterocycles. The second-order valence-corrected chi connectivity index (χ2v) is 42.5. The lowest BCUT2D eigenvalue weighted by Gasteiger charge is -2.71. The van der Waals surface area contributed by atoms with Crippen molar-refractivity contribution in [2.24, 2.45) is 50.2 Å². The molecule has 12 fully saturated rings. The number of carbonyl (C=O) groups excluding carboxylic acids is 3. The van der Waals surface area contributed by atoms with E-state index in [9.17, 15) is 117 Å². The molecule has 0 aromatic carbocycles. The van der Waals surface area contributed by atoms with Crippen LogP contribution >= 0.6 is 0 Å². The highest BCUT2D eigenvalue weighted by Crippen LogP contribution is 2.76. The van der Waals surface area contributed by atoms with Crippen LogP contribution in [-0.4, -0.2) is 410 Å². The van der Waals surface area contributed by atoms with Gasteiger partial charge in [-0.2, -0.15) is 0 Å². The van der Waals surface area contributed by atoms with Crippen molar-refractivity contribution in [1.29, 1.82) is 0 Å². The molecule has 0 aromatic rings. The van der Waals surface area contributed by atoms with Crippen LogP contribution in [0.25, 0.3) is 0 Å². The van der Waals surface area contributed by atoms with Crippen LogP contribution in [0, 0.1) is 50.2 Å². The van der Waals surface area contributed by atoms with Crippen molar-refractivity contribution in [3.05, 3.63) is 60.3 Å². The monoisotopic (exact) mass is 1950 g/mol. The van der Waals surface area contributed by atoms with Gasteiger partial charge in [-0.05, 0) is 169 Å². The van der Waals surface area contributed by atoms with E-state index in [2.05, 4.69) is 67.7 Å². The normalized spacial score (nSPS) is 48.0. The molecule has 13 rings (SSSR count). The highest BCUT2D eigenvalue weighted by Gasteiger charge is 2.71. The minimum Gasteiger partial charge on any atom is -0.452 e. The zero-order valence-corrected chi connectivity index (χ0v) is 79.2. The summed E-state index contributed by atoms with van der Waals surface area (Å²) in [5, 5.41) is 234. The third kappa shape index (κ3) is 22.0. The molecule has 8 saturated heterocycles. The topological polar surface area (TPSA) is 642 Å². The van der Waals surface area contributed by atoms with E-state index in [1.807, 2.05) is 0 Å². The van der Waals surface area contributed by atoms with Crippen LogP contribution in [-0.2, 0) is 99.6 Å². The number of hydrogen-bond acceptors (Lipinski definition) is 42. The fraction of sp³-hybridized carbons (Fsp3) is 0.862. The average molecular weight is 1950 g/mol. The molecule has 0 amide bonds. The van der Waals surface area contributed by atoms with Gasteiger partial charge in [-0.1, -0.05) is 84.4 Å². The third-order valence-electron chi connectivity index (χ3n) is 32.4. The van der Waals surface area contributed by atoms with Gasteiger partial charge in [-0.3, -0.25) is 4.79 Å². The van der Waals surface area contributed by atoms with Gasteiger partial charge in [0, 0.05) is 5.57 Å². The SMILES string of the molecule is C=C[C@@](C)(O)CC/C=C(\C)C(=O)O[C@H]1[C@H](OC[C@H]2O[C@@H](OC(=O)[C@]34CCC(C)(C)C[C@H]3C3=CC[C@@H]5[C@@]6(C)CC[C@H](O[C@@H]7O[C@H](CO[C@@H]8OC[C@H](O)[C@H](O)[C@H]8O[C@@H]8OC[C@@H](O)[C@H](O)[C@H]8O)[C@@H](O)[C@H](O)[C@H]7O)C(C)(C)[C@@H]6CC[C@@]5(C)[C@]3(C)CC4)[C@H](O[C@@H]3O[C@@H](C)[C@H](O[C@@H]4OC[C@@H](O)[C@H](O[C@@H]5OC[C@@H](O)[C@H](O)[C@H]5O)[C@H]4O)[C@@H](O)[C@H]3O)[C@@H](O)[C@@H]2O)O[C@@H](C)[C@H](O)[C@H]1OC(=O)/C(=C/CC[C@](C)(O)C=C)CO. The number of carbonyl (C=O) groups is 3. The molecular formula is C94H148O42. The highest BCUT2D eigenvalue weighted by atomic mass is 16.8. The largest absolute Gasteiger partial charge is 0.452 e. The van der Waals surface area contributed by atoms with Gasteiger partial charge in [0.1, 0.15) is 140 Å². The van der Waals surface area contributed by atoms with Crippen molar-refractivity contribution >= 4 is 17.9 Å². The summed E-state index contributed by atoms with van der Waals surface area (Å²) in [6.45, 7) is 25.6. The van der Waals surface area contributed by atoms with Crippen LogP contribution in [0.5, 0.6) is 0 Å². The van der Waals surface area contributed by atoms with Crippen LogP contribution in [0.1, 0.15) is 173 Å². The number of aliphatic hydroxyl groups is 21. The quantitative estimate of drug-likeness (QED) is 0.0110. The molecule has 8 aliphatic heterocycles. The van der Waals surface area contributed by atoms with Gasteiger partial charge < -0.3 is 193 Å². The first kappa shape index (κ1) is 109. The van der Waals surface area contributed by atoms with Crippen LogP contribution in [0.15, 0.2) is 60.3 Å².